The summed E-state index contributed by atoms with van der Waals surface area (Å²) in [5.41, 5.74) is 0.944. The van der Waals surface area contributed by atoms with Crippen LogP contribution in [0.25, 0.3) is 0 Å². The number of amides is 1. The number of rotatable bonds is 6. The Morgan fingerprint density at radius 2 is 2.08 bits per heavy atom. The van der Waals surface area contributed by atoms with E-state index in [4.69, 9.17) is 4.74 Å². The molecule has 7 nitrogen and oxygen atoms in total. The Hall–Kier alpha value is -2.74. The quantitative estimate of drug-likeness (QED) is 0.455. The molecule has 0 saturated heterocycles. The number of aryl methyl sites for hydroxylation is 1. The van der Waals surface area contributed by atoms with Crippen LogP contribution in [0.15, 0.2) is 35.0 Å². The molecule has 0 saturated carbocycles. The Morgan fingerprint density at radius 3 is 2.71 bits per heavy atom. The molecular weight excluding hydrogens is 332 g/mol. The third kappa shape index (κ3) is 4.17. The van der Waals surface area contributed by atoms with Gasteiger partial charge < -0.3 is 9.64 Å². The van der Waals surface area contributed by atoms with Crippen molar-refractivity contribution in [1.29, 1.82) is 0 Å². The van der Waals surface area contributed by atoms with E-state index in [2.05, 4.69) is 0 Å². The molecule has 0 spiro atoms. The minimum atomic E-state index is -0.878. The van der Waals surface area contributed by atoms with Crippen molar-refractivity contribution in [3.8, 4) is 0 Å². The topological polar surface area (TPSA) is 89.7 Å². The number of hydrogen-bond donors (Lipinski definition) is 0. The fraction of sp³-hybridized carbons (Fsp3) is 0.250. The summed E-state index contributed by atoms with van der Waals surface area (Å²) in [4.78, 5) is 36.0. The van der Waals surface area contributed by atoms with Gasteiger partial charge in [-0.15, -0.1) is 0 Å². The number of hydrogen-bond acceptors (Lipinski definition) is 6. The first kappa shape index (κ1) is 17.6. The minimum Gasteiger partial charge on any atom is -0.452 e. The number of ether oxygens (including phenoxy) is 1. The Labute approximate surface area is 142 Å². The van der Waals surface area contributed by atoms with Crippen LogP contribution in [0.4, 0.5) is 5.69 Å². The number of nitrogens with zero attached hydrogens (tertiary/aromatic N) is 2. The SMILES string of the molecule is Cc1cccc([N+](=O)[O-])c1C(=O)OCC(=O)N(C)Cc1ccsc1. The predicted molar refractivity (Wildman–Crippen MR) is 88.9 cm³/mol. The maximum absolute atomic E-state index is 12.1. The Kier molecular flexibility index (Phi) is 5.64. The second-order valence-electron chi connectivity index (χ2n) is 5.18. The molecule has 0 aliphatic rings. The molecule has 0 N–H and O–H groups in total. The van der Waals surface area contributed by atoms with Crippen molar-refractivity contribution >= 4 is 28.9 Å². The molecule has 2 rings (SSSR count). The van der Waals surface area contributed by atoms with Crippen LogP contribution in [-0.4, -0.2) is 35.4 Å². The fourth-order valence-electron chi connectivity index (χ4n) is 2.12. The molecule has 1 amide bonds. The van der Waals surface area contributed by atoms with Crippen molar-refractivity contribution in [2.75, 3.05) is 13.7 Å². The molecule has 0 bridgehead atoms. The monoisotopic (exact) mass is 348 g/mol. The van der Waals surface area contributed by atoms with Crippen LogP contribution in [0.5, 0.6) is 0 Å². The van der Waals surface area contributed by atoms with Gasteiger partial charge in [-0.3, -0.25) is 14.9 Å². The van der Waals surface area contributed by atoms with Crippen LogP contribution in [0, 0.1) is 17.0 Å². The summed E-state index contributed by atoms with van der Waals surface area (Å²) in [5.74, 6) is -1.26. The number of thiophene rings is 1. The van der Waals surface area contributed by atoms with Gasteiger partial charge >= 0.3 is 5.97 Å². The summed E-state index contributed by atoms with van der Waals surface area (Å²) < 4.78 is 4.97. The smallest absolute Gasteiger partial charge is 0.345 e. The summed E-state index contributed by atoms with van der Waals surface area (Å²) in [6, 6.07) is 6.20. The van der Waals surface area contributed by atoms with Crippen molar-refractivity contribution < 1.29 is 19.2 Å². The number of nitro groups is 1. The molecule has 8 heteroatoms. The molecule has 0 aliphatic heterocycles. The van der Waals surface area contributed by atoms with E-state index in [1.54, 1.807) is 20.0 Å². The maximum atomic E-state index is 12.1. The van der Waals surface area contributed by atoms with Gasteiger partial charge in [0.2, 0.25) is 0 Å². The predicted octanol–water partition coefficient (Wildman–Crippen LogP) is 2.78. The highest BCUT2D eigenvalue weighted by atomic mass is 32.1. The van der Waals surface area contributed by atoms with Gasteiger partial charge in [-0.2, -0.15) is 11.3 Å². The first-order chi connectivity index (χ1) is 11.4. The molecule has 2 aromatic rings. The highest BCUT2D eigenvalue weighted by Gasteiger charge is 2.24. The van der Waals surface area contributed by atoms with Crippen LogP contribution >= 0.6 is 11.3 Å². The Bertz CT molecular complexity index is 758. The van der Waals surface area contributed by atoms with E-state index in [1.165, 1.54) is 28.4 Å². The summed E-state index contributed by atoms with van der Waals surface area (Å²) >= 11 is 1.53. The lowest BCUT2D eigenvalue weighted by Gasteiger charge is -2.16. The van der Waals surface area contributed by atoms with Gasteiger partial charge in [-0.1, -0.05) is 12.1 Å². The van der Waals surface area contributed by atoms with E-state index in [0.29, 0.717) is 12.1 Å². The molecule has 1 aromatic carbocycles. The van der Waals surface area contributed by atoms with Crippen LogP contribution < -0.4 is 0 Å². The molecule has 0 fully saturated rings. The number of likely N-dealkylation sites (N-methyl/N-ethyl adjacent to an activating group) is 1. The van der Waals surface area contributed by atoms with Crippen molar-refractivity contribution in [2.24, 2.45) is 0 Å². The second kappa shape index (κ2) is 7.69. The van der Waals surface area contributed by atoms with E-state index >= 15 is 0 Å². The third-order valence-corrected chi connectivity index (χ3v) is 4.14. The average Bonchev–Trinajstić information content (AvgIpc) is 3.04. The number of esters is 1. The number of nitro benzene ring substituents is 1. The van der Waals surface area contributed by atoms with Crippen LogP contribution in [0.1, 0.15) is 21.5 Å². The average molecular weight is 348 g/mol. The lowest BCUT2D eigenvalue weighted by molar-refractivity contribution is -0.385. The van der Waals surface area contributed by atoms with Crippen molar-refractivity contribution in [1.82, 2.24) is 4.90 Å². The molecule has 0 radical (unpaired) electrons. The zero-order chi connectivity index (χ0) is 17.7. The normalized spacial score (nSPS) is 10.2. The summed E-state index contributed by atoms with van der Waals surface area (Å²) in [7, 11) is 1.60. The fourth-order valence-corrected chi connectivity index (χ4v) is 2.78. The largest absolute Gasteiger partial charge is 0.452 e. The zero-order valence-corrected chi connectivity index (χ0v) is 14.0. The first-order valence-electron chi connectivity index (χ1n) is 7.06. The highest BCUT2D eigenvalue weighted by molar-refractivity contribution is 7.07. The van der Waals surface area contributed by atoms with Gasteiger partial charge in [-0.25, -0.2) is 4.79 Å². The van der Waals surface area contributed by atoms with Gasteiger partial charge in [0.25, 0.3) is 11.6 Å². The van der Waals surface area contributed by atoms with E-state index in [0.717, 1.165) is 5.56 Å². The van der Waals surface area contributed by atoms with Gasteiger partial charge in [0, 0.05) is 19.7 Å². The van der Waals surface area contributed by atoms with Gasteiger partial charge in [0.05, 0.1) is 4.92 Å². The Morgan fingerprint density at radius 1 is 1.33 bits per heavy atom. The molecular formula is C16H16N2O5S. The van der Waals surface area contributed by atoms with Crippen LogP contribution in [0.2, 0.25) is 0 Å². The zero-order valence-electron chi connectivity index (χ0n) is 13.2. The number of carbonyl (C=O) groups is 2. The highest BCUT2D eigenvalue weighted by Crippen LogP contribution is 2.22. The van der Waals surface area contributed by atoms with E-state index in [-0.39, 0.29) is 17.2 Å². The second-order valence-corrected chi connectivity index (χ2v) is 5.96. The van der Waals surface area contributed by atoms with Crippen LogP contribution in [-0.2, 0) is 16.1 Å². The maximum Gasteiger partial charge on any atom is 0.345 e. The van der Waals surface area contributed by atoms with E-state index < -0.39 is 17.5 Å². The molecule has 0 unspecified atom stereocenters. The van der Waals surface area contributed by atoms with Gasteiger partial charge in [0.1, 0.15) is 5.56 Å². The summed E-state index contributed by atoms with van der Waals surface area (Å²) in [5, 5.41) is 14.9. The van der Waals surface area contributed by atoms with Crippen molar-refractivity contribution in [2.45, 2.75) is 13.5 Å². The third-order valence-electron chi connectivity index (χ3n) is 3.40. The molecule has 24 heavy (non-hydrogen) atoms. The summed E-state index contributed by atoms with van der Waals surface area (Å²) in [6.07, 6.45) is 0. The lowest BCUT2D eigenvalue weighted by atomic mass is 10.1. The Balaban J connectivity index is 2.00. The number of benzene rings is 1. The molecule has 0 aliphatic carbocycles. The molecule has 1 heterocycles. The van der Waals surface area contributed by atoms with Gasteiger partial charge in [0.15, 0.2) is 6.61 Å². The first-order valence-corrected chi connectivity index (χ1v) is 8.00. The molecule has 0 atom stereocenters. The van der Waals surface area contributed by atoms with Crippen LogP contribution in [0.3, 0.4) is 0 Å². The molecule has 126 valence electrons. The van der Waals surface area contributed by atoms with E-state index in [1.807, 2.05) is 16.8 Å². The van der Waals surface area contributed by atoms with Crippen molar-refractivity contribution in [3.05, 3.63) is 61.8 Å². The van der Waals surface area contributed by atoms with Crippen molar-refractivity contribution in [3.63, 3.8) is 0 Å². The van der Waals surface area contributed by atoms with Gasteiger partial charge in [-0.05, 0) is 34.9 Å². The molecule has 1 aromatic heterocycles. The minimum absolute atomic E-state index is 0.129. The van der Waals surface area contributed by atoms with E-state index in [9.17, 15) is 19.7 Å². The number of carbonyl (C=O) groups excluding carboxylic acids is 2. The standard InChI is InChI=1S/C16H16N2O5S/c1-11-4-3-5-13(18(21)22)15(11)16(20)23-9-14(19)17(2)8-12-6-7-24-10-12/h3-7,10H,8-9H2,1-2H3. The lowest BCUT2D eigenvalue weighted by Crippen LogP contribution is -2.30. The summed E-state index contributed by atoms with van der Waals surface area (Å²) in [6.45, 7) is 1.52.